The van der Waals surface area contributed by atoms with Crippen molar-refractivity contribution in [2.24, 2.45) is 0 Å². The van der Waals surface area contributed by atoms with Gasteiger partial charge in [-0.15, -0.1) is 11.3 Å². The number of nitrogen functional groups attached to an aromatic ring is 1. The number of nitrogens with two attached hydrogens (primary N) is 1. The second-order valence-electron chi connectivity index (χ2n) is 4.12. The Hall–Kier alpha value is -2.01. The van der Waals surface area contributed by atoms with Crippen LogP contribution in [0.4, 0.5) is 11.4 Å². The second-order valence-corrected chi connectivity index (χ2v) is 5.12. The third kappa shape index (κ3) is 2.88. The monoisotopic (exact) mass is 276 g/mol. The van der Waals surface area contributed by atoms with Crippen molar-refractivity contribution >= 4 is 28.7 Å². The Labute approximate surface area is 116 Å². The molecule has 0 aliphatic carbocycles. The zero-order valence-electron chi connectivity index (χ0n) is 10.9. The molecule has 0 aliphatic heterocycles. The van der Waals surface area contributed by atoms with Crippen LogP contribution in [0.1, 0.15) is 20.8 Å². The summed E-state index contributed by atoms with van der Waals surface area (Å²) in [6, 6.07) is 7.41. The van der Waals surface area contributed by atoms with Gasteiger partial charge in [-0.1, -0.05) is 6.07 Å². The lowest BCUT2D eigenvalue weighted by Crippen LogP contribution is -2.07. The molecule has 0 saturated carbocycles. The fourth-order valence-electron chi connectivity index (χ4n) is 1.83. The molecule has 1 aromatic heterocycles. The highest BCUT2D eigenvalue weighted by molar-refractivity contribution is 7.10. The minimum absolute atomic E-state index is 0.322. The number of carbonyl (C=O) groups is 1. The van der Waals surface area contributed by atoms with Gasteiger partial charge in [0, 0.05) is 16.3 Å². The Morgan fingerprint density at radius 3 is 2.84 bits per heavy atom. The van der Waals surface area contributed by atoms with E-state index in [9.17, 15) is 4.79 Å². The van der Waals surface area contributed by atoms with Crippen molar-refractivity contribution in [3.05, 3.63) is 45.6 Å². The van der Waals surface area contributed by atoms with E-state index in [4.69, 9.17) is 10.5 Å². The number of esters is 1. The Morgan fingerprint density at radius 2 is 2.21 bits per heavy atom. The summed E-state index contributed by atoms with van der Waals surface area (Å²) < 4.78 is 4.76. The van der Waals surface area contributed by atoms with Gasteiger partial charge < -0.3 is 15.8 Å². The maximum Gasteiger partial charge on any atom is 0.338 e. The normalized spacial score (nSPS) is 10.2. The molecule has 2 rings (SSSR count). The molecule has 0 bridgehead atoms. The Balaban J connectivity index is 2.17. The number of thiophene rings is 1. The summed E-state index contributed by atoms with van der Waals surface area (Å²) in [5.41, 5.74) is 9.00. The second kappa shape index (κ2) is 5.75. The van der Waals surface area contributed by atoms with Crippen molar-refractivity contribution < 1.29 is 9.53 Å². The molecule has 19 heavy (non-hydrogen) atoms. The number of ether oxygens (including phenoxy) is 1. The van der Waals surface area contributed by atoms with E-state index < -0.39 is 0 Å². The van der Waals surface area contributed by atoms with Crippen LogP contribution in [0.5, 0.6) is 0 Å². The van der Waals surface area contributed by atoms with Crippen molar-refractivity contribution in [1.29, 1.82) is 0 Å². The number of methoxy groups -OCH3 is 1. The van der Waals surface area contributed by atoms with Crippen LogP contribution in [0, 0.1) is 6.92 Å². The number of rotatable bonds is 4. The number of carbonyl (C=O) groups excluding carboxylic acids is 1. The zero-order chi connectivity index (χ0) is 13.8. The molecular formula is C14H16N2O2S. The molecule has 3 N–H and O–H groups in total. The van der Waals surface area contributed by atoms with Crippen molar-refractivity contribution in [3.63, 3.8) is 0 Å². The molecule has 0 fully saturated rings. The van der Waals surface area contributed by atoms with E-state index >= 15 is 0 Å². The van der Waals surface area contributed by atoms with Gasteiger partial charge in [0.05, 0.1) is 19.2 Å². The van der Waals surface area contributed by atoms with Crippen LogP contribution in [0.3, 0.4) is 0 Å². The summed E-state index contributed by atoms with van der Waals surface area (Å²) in [6.45, 7) is 2.54. The van der Waals surface area contributed by atoms with Gasteiger partial charge in [-0.2, -0.15) is 0 Å². The van der Waals surface area contributed by atoms with E-state index in [1.54, 1.807) is 17.4 Å². The predicted octanol–water partition coefficient (Wildman–Crippen LogP) is 3.04. The van der Waals surface area contributed by atoms with Crippen molar-refractivity contribution in [2.75, 3.05) is 18.2 Å². The van der Waals surface area contributed by atoms with Gasteiger partial charge in [-0.3, -0.25) is 0 Å². The molecule has 0 unspecified atom stereocenters. The summed E-state index contributed by atoms with van der Waals surface area (Å²) >= 11 is 1.61. The van der Waals surface area contributed by atoms with Crippen LogP contribution in [0.15, 0.2) is 29.6 Å². The van der Waals surface area contributed by atoms with E-state index in [-0.39, 0.29) is 5.97 Å². The molecule has 100 valence electrons. The molecule has 0 aliphatic rings. The standard InChI is InChI=1S/C14H16N2O2S/c1-9-10(14(17)18-2)4-3-5-12(9)16-8-13-11(15)6-7-19-13/h3-7,16H,8,15H2,1-2H3. The number of hydrogen-bond acceptors (Lipinski definition) is 5. The first-order valence-corrected chi connectivity index (χ1v) is 6.75. The lowest BCUT2D eigenvalue weighted by Gasteiger charge is -2.12. The first kappa shape index (κ1) is 13.4. The number of nitrogens with one attached hydrogen (secondary N) is 1. The van der Waals surface area contributed by atoms with Gasteiger partial charge in [0.25, 0.3) is 0 Å². The zero-order valence-corrected chi connectivity index (χ0v) is 11.7. The van der Waals surface area contributed by atoms with Gasteiger partial charge >= 0.3 is 5.97 Å². The highest BCUT2D eigenvalue weighted by Gasteiger charge is 2.11. The summed E-state index contributed by atoms with van der Waals surface area (Å²) in [7, 11) is 1.38. The number of anilines is 2. The third-order valence-electron chi connectivity index (χ3n) is 2.96. The average Bonchev–Trinajstić information content (AvgIpc) is 2.82. The Kier molecular flexibility index (Phi) is 4.06. The SMILES string of the molecule is COC(=O)c1cccc(NCc2sccc2N)c1C. The van der Waals surface area contributed by atoms with Crippen molar-refractivity contribution in [1.82, 2.24) is 0 Å². The van der Waals surface area contributed by atoms with Gasteiger partial charge in [0.2, 0.25) is 0 Å². The van der Waals surface area contributed by atoms with Crippen molar-refractivity contribution in [3.8, 4) is 0 Å². The molecule has 2 aromatic rings. The molecule has 1 aromatic carbocycles. The van der Waals surface area contributed by atoms with Gasteiger partial charge in [0.15, 0.2) is 0 Å². The summed E-state index contributed by atoms with van der Waals surface area (Å²) in [5, 5.41) is 5.26. The average molecular weight is 276 g/mol. The van der Waals surface area contributed by atoms with E-state index in [0.29, 0.717) is 12.1 Å². The molecule has 4 nitrogen and oxygen atoms in total. The molecule has 1 heterocycles. The van der Waals surface area contributed by atoms with Crippen molar-refractivity contribution in [2.45, 2.75) is 13.5 Å². The van der Waals surface area contributed by atoms with E-state index in [1.165, 1.54) is 7.11 Å². The summed E-state index contributed by atoms with van der Waals surface area (Å²) in [5.74, 6) is -0.322. The highest BCUT2D eigenvalue weighted by Crippen LogP contribution is 2.23. The van der Waals surface area contributed by atoms with E-state index in [2.05, 4.69) is 5.32 Å². The molecule has 0 saturated heterocycles. The fraction of sp³-hybridized carbons (Fsp3) is 0.214. The summed E-state index contributed by atoms with van der Waals surface area (Å²) in [6.07, 6.45) is 0. The largest absolute Gasteiger partial charge is 0.465 e. The maximum absolute atomic E-state index is 11.6. The quantitative estimate of drug-likeness (QED) is 0.842. The Bertz CT molecular complexity index is 593. The number of hydrogen-bond donors (Lipinski definition) is 2. The lowest BCUT2D eigenvalue weighted by molar-refractivity contribution is 0.0600. The number of benzene rings is 1. The van der Waals surface area contributed by atoms with Crippen LogP contribution >= 0.6 is 11.3 Å². The molecular weight excluding hydrogens is 260 g/mol. The first-order valence-electron chi connectivity index (χ1n) is 5.87. The van der Waals surface area contributed by atoms with Crippen LogP contribution in [0.2, 0.25) is 0 Å². The van der Waals surface area contributed by atoms with Crippen LogP contribution in [-0.2, 0) is 11.3 Å². The maximum atomic E-state index is 11.6. The van der Waals surface area contributed by atoms with Crippen LogP contribution in [-0.4, -0.2) is 13.1 Å². The molecule has 0 atom stereocenters. The van der Waals surface area contributed by atoms with Crippen LogP contribution < -0.4 is 11.1 Å². The first-order chi connectivity index (χ1) is 9.13. The van der Waals surface area contributed by atoms with E-state index in [1.807, 2.05) is 30.5 Å². The molecule has 0 radical (unpaired) electrons. The molecule has 0 amide bonds. The van der Waals surface area contributed by atoms with Gasteiger partial charge in [0.1, 0.15) is 0 Å². The van der Waals surface area contributed by atoms with Crippen LogP contribution in [0.25, 0.3) is 0 Å². The van der Waals surface area contributed by atoms with E-state index in [0.717, 1.165) is 21.8 Å². The molecule has 0 spiro atoms. The highest BCUT2D eigenvalue weighted by atomic mass is 32.1. The molecule has 5 heteroatoms. The predicted molar refractivity (Wildman–Crippen MR) is 78.6 cm³/mol. The minimum Gasteiger partial charge on any atom is -0.465 e. The minimum atomic E-state index is -0.322. The van der Waals surface area contributed by atoms with Gasteiger partial charge in [-0.25, -0.2) is 4.79 Å². The third-order valence-corrected chi connectivity index (χ3v) is 3.90. The lowest BCUT2D eigenvalue weighted by atomic mass is 10.1. The fourth-order valence-corrected chi connectivity index (χ4v) is 2.57. The van der Waals surface area contributed by atoms with Gasteiger partial charge in [-0.05, 0) is 36.1 Å². The summed E-state index contributed by atoms with van der Waals surface area (Å²) in [4.78, 5) is 12.7. The Morgan fingerprint density at radius 1 is 1.42 bits per heavy atom. The smallest absolute Gasteiger partial charge is 0.338 e. The topological polar surface area (TPSA) is 64.3 Å².